The molecule has 8 heteroatoms. The van der Waals surface area contributed by atoms with Gasteiger partial charge in [0, 0.05) is 34.8 Å². The number of rotatable bonds is 8. The van der Waals surface area contributed by atoms with E-state index in [0.717, 1.165) is 40.6 Å². The van der Waals surface area contributed by atoms with Gasteiger partial charge in [-0.25, -0.2) is 4.98 Å². The van der Waals surface area contributed by atoms with E-state index in [1.54, 1.807) is 13.2 Å². The molecule has 0 saturated heterocycles. The Kier molecular flexibility index (Phi) is 7.69. The fraction of sp³-hybridized carbons (Fsp3) is 0.269. The molecular weight excluding hydrogens is 448 g/mol. The standard InChI is InChI=1S/C26H28N4O3S/c1-4-7-17(2)24(31)27-18-8-6-11-21(15-18)33-25-22-16-34-13-12-23(22)29-26(30-25)28-19-9-5-10-20(14-19)32-3/h4-11,14-15,17H,12-13,16H2,1-3H3,(H,27,31)(H,28,29,30)/b7-4+. The van der Waals surface area contributed by atoms with E-state index in [9.17, 15) is 4.79 Å². The normalized spacial score (nSPS) is 13.7. The van der Waals surface area contributed by atoms with Crippen molar-refractivity contribution in [3.8, 4) is 17.4 Å². The smallest absolute Gasteiger partial charge is 0.231 e. The molecular formula is C26H28N4O3S. The second-order valence-corrected chi connectivity index (χ2v) is 8.98. The fourth-order valence-corrected chi connectivity index (χ4v) is 4.53. The molecule has 1 aliphatic heterocycles. The van der Waals surface area contributed by atoms with Gasteiger partial charge in [0.25, 0.3) is 0 Å². The first-order valence-corrected chi connectivity index (χ1v) is 12.3. The molecule has 0 spiro atoms. The van der Waals surface area contributed by atoms with Gasteiger partial charge in [-0.05, 0) is 43.4 Å². The van der Waals surface area contributed by atoms with Crippen LogP contribution in [-0.4, -0.2) is 28.7 Å². The number of anilines is 3. The van der Waals surface area contributed by atoms with Crippen molar-refractivity contribution in [2.24, 2.45) is 5.92 Å². The van der Waals surface area contributed by atoms with Gasteiger partial charge in [0.05, 0.1) is 18.7 Å². The molecule has 0 saturated carbocycles. The largest absolute Gasteiger partial charge is 0.497 e. The molecule has 3 aromatic rings. The molecule has 0 radical (unpaired) electrons. The molecule has 1 atom stereocenters. The molecule has 1 aromatic heterocycles. The molecule has 176 valence electrons. The zero-order chi connectivity index (χ0) is 23.9. The van der Waals surface area contributed by atoms with Crippen molar-refractivity contribution in [2.45, 2.75) is 26.0 Å². The quantitative estimate of drug-likeness (QED) is 0.388. The lowest BCUT2D eigenvalue weighted by Gasteiger charge is -2.19. The second kappa shape index (κ2) is 11.1. The number of carbonyl (C=O) groups is 1. The van der Waals surface area contributed by atoms with Crippen molar-refractivity contribution in [2.75, 3.05) is 23.5 Å². The van der Waals surface area contributed by atoms with Crippen molar-refractivity contribution in [3.63, 3.8) is 0 Å². The summed E-state index contributed by atoms with van der Waals surface area (Å²) < 4.78 is 11.5. The van der Waals surface area contributed by atoms with Gasteiger partial charge >= 0.3 is 0 Å². The number of hydrogen-bond donors (Lipinski definition) is 2. The van der Waals surface area contributed by atoms with E-state index in [2.05, 4.69) is 15.6 Å². The number of ether oxygens (including phenoxy) is 2. The first-order chi connectivity index (χ1) is 16.6. The highest BCUT2D eigenvalue weighted by molar-refractivity contribution is 7.98. The first-order valence-electron chi connectivity index (χ1n) is 11.2. The molecule has 1 aliphatic rings. The van der Waals surface area contributed by atoms with Gasteiger partial charge in [-0.2, -0.15) is 16.7 Å². The summed E-state index contributed by atoms with van der Waals surface area (Å²) in [7, 11) is 1.63. The van der Waals surface area contributed by atoms with Crippen LogP contribution in [0.15, 0.2) is 60.7 Å². The number of amides is 1. The Morgan fingerprint density at radius 1 is 1.12 bits per heavy atom. The topological polar surface area (TPSA) is 85.4 Å². The maximum Gasteiger partial charge on any atom is 0.231 e. The van der Waals surface area contributed by atoms with Crippen LogP contribution in [0.25, 0.3) is 0 Å². The average Bonchev–Trinajstić information content (AvgIpc) is 2.84. The minimum atomic E-state index is -0.217. The Morgan fingerprint density at radius 3 is 2.68 bits per heavy atom. The summed E-state index contributed by atoms with van der Waals surface area (Å²) in [5.41, 5.74) is 3.49. The molecule has 2 heterocycles. The predicted molar refractivity (Wildman–Crippen MR) is 137 cm³/mol. The van der Waals surface area contributed by atoms with Crippen LogP contribution in [-0.2, 0) is 17.0 Å². The number of benzene rings is 2. The maximum absolute atomic E-state index is 12.4. The van der Waals surface area contributed by atoms with E-state index in [-0.39, 0.29) is 11.8 Å². The van der Waals surface area contributed by atoms with Crippen LogP contribution in [0.1, 0.15) is 25.1 Å². The lowest BCUT2D eigenvalue weighted by Crippen LogP contribution is -2.18. The van der Waals surface area contributed by atoms with Crippen LogP contribution < -0.4 is 20.1 Å². The maximum atomic E-state index is 12.4. The zero-order valence-corrected chi connectivity index (χ0v) is 20.3. The molecule has 1 amide bonds. The van der Waals surface area contributed by atoms with Crippen LogP contribution in [0.4, 0.5) is 17.3 Å². The lowest BCUT2D eigenvalue weighted by molar-refractivity contribution is -0.118. The summed E-state index contributed by atoms with van der Waals surface area (Å²) in [4.78, 5) is 21.8. The minimum Gasteiger partial charge on any atom is -0.497 e. The van der Waals surface area contributed by atoms with E-state index in [1.807, 2.05) is 80.2 Å². The van der Waals surface area contributed by atoms with Gasteiger partial charge in [-0.15, -0.1) is 0 Å². The summed E-state index contributed by atoms with van der Waals surface area (Å²) in [6.45, 7) is 3.76. The van der Waals surface area contributed by atoms with Crippen molar-refractivity contribution >= 4 is 35.0 Å². The van der Waals surface area contributed by atoms with Crippen molar-refractivity contribution in [1.82, 2.24) is 9.97 Å². The summed E-state index contributed by atoms with van der Waals surface area (Å²) in [6.07, 6.45) is 4.58. The highest BCUT2D eigenvalue weighted by Crippen LogP contribution is 2.34. The van der Waals surface area contributed by atoms with E-state index in [1.165, 1.54) is 0 Å². The Morgan fingerprint density at radius 2 is 1.88 bits per heavy atom. The Labute approximate surface area is 204 Å². The second-order valence-electron chi connectivity index (χ2n) is 7.87. The number of aromatic nitrogens is 2. The van der Waals surface area contributed by atoms with E-state index in [0.29, 0.717) is 23.3 Å². The SMILES string of the molecule is C/C=C/C(C)C(=O)Nc1cccc(Oc2nc(Nc3cccc(OC)c3)nc3c2CSCC3)c1. The Hall–Kier alpha value is -3.52. The third kappa shape index (κ3) is 5.88. The van der Waals surface area contributed by atoms with E-state index in [4.69, 9.17) is 14.5 Å². The molecule has 0 aliphatic carbocycles. The Balaban J connectivity index is 1.58. The number of aryl methyl sites for hydroxylation is 1. The highest BCUT2D eigenvalue weighted by Gasteiger charge is 2.20. The average molecular weight is 477 g/mol. The number of carbonyl (C=O) groups excluding carboxylic acids is 1. The molecule has 4 rings (SSSR count). The number of nitrogens with one attached hydrogen (secondary N) is 2. The molecule has 1 unspecified atom stereocenters. The number of allylic oxidation sites excluding steroid dienone is 1. The molecule has 34 heavy (non-hydrogen) atoms. The molecule has 2 N–H and O–H groups in total. The number of thioether (sulfide) groups is 1. The summed E-state index contributed by atoms with van der Waals surface area (Å²) in [5.74, 6) is 3.85. The summed E-state index contributed by atoms with van der Waals surface area (Å²) >= 11 is 1.84. The van der Waals surface area contributed by atoms with E-state index >= 15 is 0 Å². The van der Waals surface area contributed by atoms with Gasteiger partial charge < -0.3 is 20.1 Å². The highest BCUT2D eigenvalue weighted by atomic mass is 32.2. The molecule has 2 aromatic carbocycles. The lowest BCUT2D eigenvalue weighted by atomic mass is 10.1. The third-order valence-electron chi connectivity index (χ3n) is 5.32. The van der Waals surface area contributed by atoms with Crippen molar-refractivity contribution in [1.29, 1.82) is 0 Å². The Bertz CT molecular complexity index is 1200. The van der Waals surface area contributed by atoms with Crippen LogP contribution in [0.3, 0.4) is 0 Å². The minimum absolute atomic E-state index is 0.0733. The van der Waals surface area contributed by atoms with Crippen molar-refractivity contribution < 1.29 is 14.3 Å². The van der Waals surface area contributed by atoms with Gasteiger partial charge in [0.15, 0.2) is 0 Å². The third-order valence-corrected chi connectivity index (χ3v) is 6.31. The molecule has 0 fully saturated rings. The zero-order valence-electron chi connectivity index (χ0n) is 19.5. The first kappa shape index (κ1) is 23.6. The number of nitrogens with zero attached hydrogens (tertiary/aromatic N) is 2. The van der Waals surface area contributed by atoms with Gasteiger partial charge in [-0.1, -0.05) is 31.2 Å². The summed E-state index contributed by atoms with van der Waals surface area (Å²) in [6, 6.07) is 15.0. The number of fused-ring (bicyclic) bond motifs is 1. The van der Waals surface area contributed by atoms with E-state index < -0.39 is 0 Å². The molecule has 7 nitrogen and oxygen atoms in total. The van der Waals surface area contributed by atoms with Gasteiger partial charge in [-0.3, -0.25) is 4.79 Å². The van der Waals surface area contributed by atoms with Crippen molar-refractivity contribution in [3.05, 3.63) is 71.9 Å². The van der Waals surface area contributed by atoms with Crippen LogP contribution in [0.5, 0.6) is 17.4 Å². The number of methoxy groups -OCH3 is 1. The van der Waals surface area contributed by atoms with Gasteiger partial charge in [0.2, 0.25) is 17.7 Å². The fourth-order valence-electron chi connectivity index (χ4n) is 3.55. The van der Waals surface area contributed by atoms with Crippen LogP contribution in [0.2, 0.25) is 0 Å². The monoisotopic (exact) mass is 476 g/mol. The number of hydrogen-bond acceptors (Lipinski definition) is 7. The predicted octanol–water partition coefficient (Wildman–Crippen LogP) is 5.96. The summed E-state index contributed by atoms with van der Waals surface area (Å²) in [5, 5.41) is 6.20. The van der Waals surface area contributed by atoms with Gasteiger partial charge in [0.1, 0.15) is 11.5 Å². The molecule has 0 bridgehead atoms. The van der Waals surface area contributed by atoms with Crippen LogP contribution in [0, 0.1) is 5.92 Å². The van der Waals surface area contributed by atoms with Crippen LogP contribution >= 0.6 is 11.8 Å².